The fourth-order valence-corrected chi connectivity index (χ4v) is 4.81. The van der Waals surface area contributed by atoms with E-state index in [1.54, 1.807) is 20.6 Å². The SMILES string of the molecule is Cc1cc(C)c(N(C(=O)Nc2ccccc2)[C@H]2c3cccn3C(=O)N2c2ccccc2)c(C)c1. The van der Waals surface area contributed by atoms with Gasteiger partial charge in [0.2, 0.25) is 0 Å². The molecule has 0 saturated carbocycles. The van der Waals surface area contributed by atoms with E-state index in [0.29, 0.717) is 5.69 Å². The summed E-state index contributed by atoms with van der Waals surface area (Å²) in [5.74, 6) is 0. The van der Waals surface area contributed by atoms with Crippen LogP contribution in [0.1, 0.15) is 28.6 Å². The summed E-state index contributed by atoms with van der Waals surface area (Å²) in [5, 5.41) is 3.04. The van der Waals surface area contributed by atoms with Gasteiger partial charge in [-0.15, -0.1) is 0 Å². The highest BCUT2D eigenvalue weighted by Gasteiger charge is 2.44. The topological polar surface area (TPSA) is 57.6 Å². The standard InChI is InChI=1S/C28H26N4O2/c1-19-17-20(2)25(21(3)18-19)32(27(33)29-22-11-6-4-7-12-22)26-24-15-10-16-30(24)28(34)31(26)23-13-8-5-9-14-23/h4-18,26H,1-3H3,(H,29,33)/t26-/m0/s1. The van der Waals surface area contributed by atoms with E-state index >= 15 is 0 Å². The lowest BCUT2D eigenvalue weighted by Crippen LogP contribution is -2.46. The largest absolute Gasteiger partial charge is 0.335 e. The highest BCUT2D eigenvalue weighted by molar-refractivity contribution is 6.07. The van der Waals surface area contributed by atoms with Crippen LogP contribution in [-0.4, -0.2) is 16.6 Å². The van der Waals surface area contributed by atoms with Crippen molar-refractivity contribution >= 4 is 29.1 Å². The van der Waals surface area contributed by atoms with Gasteiger partial charge in [0, 0.05) is 17.6 Å². The van der Waals surface area contributed by atoms with E-state index in [9.17, 15) is 9.59 Å². The van der Waals surface area contributed by atoms with Crippen molar-refractivity contribution in [3.05, 3.63) is 114 Å². The number of anilines is 3. The molecule has 1 aliphatic rings. The zero-order chi connectivity index (χ0) is 23.8. The van der Waals surface area contributed by atoms with Crippen LogP contribution in [0.4, 0.5) is 26.7 Å². The Morgan fingerprint density at radius 3 is 2.12 bits per heavy atom. The number of carbonyl (C=O) groups excluding carboxylic acids is 2. The summed E-state index contributed by atoms with van der Waals surface area (Å²) < 4.78 is 1.61. The van der Waals surface area contributed by atoms with E-state index in [-0.39, 0.29) is 12.1 Å². The van der Waals surface area contributed by atoms with Crippen LogP contribution in [0.15, 0.2) is 91.1 Å². The number of hydrogen-bond acceptors (Lipinski definition) is 2. The Morgan fingerprint density at radius 2 is 1.47 bits per heavy atom. The molecule has 0 unspecified atom stereocenters. The number of benzene rings is 3. The maximum Gasteiger partial charge on any atom is 0.335 e. The first-order valence-corrected chi connectivity index (χ1v) is 11.2. The molecule has 1 atom stereocenters. The summed E-state index contributed by atoms with van der Waals surface area (Å²) in [6.45, 7) is 6.04. The molecule has 1 aromatic heterocycles. The molecule has 2 heterocycles. The van der Waals surface area contributed by atoms with Crippen molar-refractivity contribution in [2.24, 2.45) is 0 Å². The van der Waals surface area contributed by atoms with Gasteiger partial charge in [-0.05, 0) is 68.3 Å². The Bertz CT molecular complexity index is 1340. The van der Waals surface area contributed by atoms with Gasteiger partial charge < -0.3 is 5.32 Å². The van der Waals surface area contributed by atoms with Crippen LogP contribution in [0.5, 0.6) is 0 Å². The van der Waals surface area contributed by atoms with Crippen LogP contribution in [0.25, 0.3) is 0 Å². The van der Waals surface area contributed by atoms with Gasteiger partial charge in [0.05, 0.1) is 11.4 Å². The summed E-state index contributed by atoms with van der Waals surface area (Å²) in [6, 6.07) is 26.2. The van der Waals surface area contributed by atoms with Gasteiger partial charge in [0.1, 0.15) is 0 Å². The van der Waals surface area contributed by atoms with E-state index < -0.39 is 6.17 Å². The number of carbonyl (C=O) groups is 2. The average molecular weight is 451 g/mol. The first kappa shape index (κ1) is 21.5. The van der Waals surface area contributed by atoms with Crippen molar-refractivity contribution in [3.8, 4) is 0 Å². The number of aryl methyl sites for hydroxylation is 3. The highest BCUT2D eigenvalue weighted by Crippen LogP contribution is 2.41. The second-order valence-electron chi connectivity index (χ2n) is 8.58. The van der Waals surface area contributed by atoms with Crippen molar-refractivity contribution in [2.75, 3.05) is 15.1 Å². The second-order valence-corrected chi connectivity index (χ2v) is 8.58. The Labute approximate surface area is 199 Å². The third-order valence-electron chi connectivity index (χ3n) is 6.10. The predicted molar refractivity (Wildman–Crippen MR) is 135 cm³/mol. The summed E-state index contributed by atoms with van der Waals surface area (Å²) in [5.41, 5.74) is 5.97. The second kappa shape index (κ2) is 8.56. The van der Waals surface area contributed by atoms with Gasteiger partial charge >= 0.3 is 12.1 Å². The normalized spacial score (nSPS) is 14.7. The Morgan fingerprint density at radius 1 is 0.853 bits per heavy atom. The number of hydrogen-bond donors (Lipinski definition) is 1. The molecule has 0 spiro atoms. The molecule has 4 aromatic rings. The minimum absolute atomic E-state index is 0.198. The molecule has 0 radical (unpaired) electrons. The van der Waals surface area contributed by atoms with Crippen molar-refractivity contribution in [3.63, 3.8) is 0 Å². The Hall–Kier alpha value is -4.32. The number of rotatable bonds is 4. The lowest BCUT2D eigenvalue weighted by Gasteiger charge is -2.36. The van der Waals surface area contributed by atoms with Crippen LogP contribution in [-0.2, 0) is 0 Å². The van der Waals surface area contributed by atoms with Crippen LogP contribution in [0.2, 0.25) is 0 Å². The quantitative estimate of drug-likeness (QED) is 0.379. The molecule has 0 saturated heterocycles. The third kappa shape index (κ3) is 3.63. The molecule has 1 aliphatic heterocycles. The summed E-state index contributed by atoms with van der Waals surface area (Å²) in [4.78, 5) is 30.9. The number of urea groups is 1. The van der Waals surface area contributed by atoms with Crippen LogP contribution >= 0.6 is 0 Å². The molecule has 6 nitrogen and oxygen atoms in total. The van der Waals surface area contributed by atoms with Crippen LogP contribution in [0, 0.1) is 20.8 Å². The molecular weight excluding hydrogens is 424 g/mol. The number of aromatic nitrogens is 1. The summed E-state index contributed by atoms with van der Waals surface area (Å²) >= 11 is 0. The number of nitrogens with one attached hydrogen (secondary N) is 1. The van der Waals surface area contributed by atoms with E-state index in [1.807, 2.05) is 93.6 Å². The average Bonchev–Trinajstić information content (AvgIpc) is 3.39. The molecule has 1 N–H and O–H groups in total. The van der Waals surface area contributed by atoms with E-state index in [0.717, 1.165) is 33.8 Å². The minimum Gasteiger partial charge on any atom is -0.307 e. The smallest absolute Gasteiger partial charge is 0.307 e. The predicted octanol–water partition coefficient (Wildman–Crippen LogP) is 6.64. The van der Waals surface area contributed by atoms with Crippen molar-refractivity contribution in [1.29, 1.82) is 0 Å². The molecule has 34 heavy (non-hydrogen) atoms. The lowest BCUT2D eigenvalue weighted by molar-refractivity contribution is 0.248. The van der Waals surface area contributed by atoms with Gasteiger partial charge in [0.15, 0.2) is 6.17 Å². The first-order valence-electron chi connectivity index (χ1n) is 11.2. The van der Waals surface area contributed by atoms with E-state index in [2.05, 4.69) is 17.4 Å². The van der Waals surface area contributed by atoms with Gasteiger partial charge in [-0.1, -0.05) is 54.1 Å². The number of para-hydroxylation sites is 2. The molecule has 3 amide bonds. The molecule has 0 bridgehead atoms. The van der Waals surface area contributed by atoms with Gasteiger partial charge in [-0.2, -0.15) is 0 Å². The Balaban J connectivity index is 1.70. The zero-order valence-electron chi connectivity index (χ0n) is 19.4. The molecule has 3 aromatic carbocycles. The fourth-order valence-electron chi connectivity index (χ4n) is 4.81. The summed E-state index contributed by atoms with van der Waals surface area (Å²) in [6.07, 6.45) is 1.09. The minimum atomic E-state index is -0.659. The van der Waals surface area contributed by atoms with Gasteiger partial charge in [0.25, 0.3) is 0 Å². The number of amides is 3. The highest BCUT2D eigenvalue weighted by atomic mass is 16.2. The van der Waals surface area contributed by atoms with Crippen LogP contribution in [0.3, 0.4) is 0 Å². The maximum atomic E-state index is 14.0. The van der Waals surface area contributed by atoms with Crippen molar-refractivity contribution < 1.29 is 9.59 Å². The van der Waals surface area contributed by atoms with Gasteiger partial charge in [-0.3, -0.25) is 14.4 Å². The molecule has 0 aliphatic carbocycles. The molecular formula is C28H26N4O2. The van der Waals surface area contributed by atoms with Crippen molar-refractivity contribution in [1.82, 2.24) is 4.57 Å². The summed E-state index contributed by atoms with van der Waals surface area (Å²) in [7, 11) is 0. The zero-order valence-corrected chi connectivity index (χ0v) is 19.4. The van der Waals surface area contributed by atoms with Crippen LogP contribution < -0.4 is 15.1 Å². The van der Waals surface area contributed by atoms with E-state index in [4.69, 9.17) is 0 Å². The third-order valence-corrected chi connectivity index (χ3v) is 6.10. The van der Waals surface area contributed by atoms with E-state index in [1.165, 1.54) is 0 Å². The van der Waals surface area contributed by atoms with Crippen molar-refractivity contribution in [2.45, 2.75) is 26.9 Å². The Kier molecular flexibility index (Phi) is 5.42. The molecule has 5 rings (SSSR count). The monoisotopic (exact) mass is 450 g/mol. The fraction of sp³-hybridized carbons (Fsp3) is 0.143. The molecule has 170 valence electrons. The molecule has 6 heteroatoms. The number of nitrogens with zero attached hydrogens (tertiary/aromatic N) is 3. The lowest BCUT2D eigenvalue weighted by atomic mass is 10.0. The molecule has 0 fully saturated rings. The van der Waals surface area contributed by atoms with Gasteiger partial charge in [-0.25, -0.2) is 9.59 Å². The first-order chi connectivity index (χ1) is 16.5. The maximum absolute atomic E-state index is 14.0. The number of fused-ring (bicyclic) bond motifs is 1.